The van der Waals surface area contributed by atoms with Gasteiger partial charge in [-0.1, -0.05) is 81.8 Å². The molecule has 1 unspecified atom stereocenters. The first kappa shape index (κ1) is 21.5. The Labute approximate surface area is 189 Å². The third-order valence-electron chi connectivity index (χ3n) is 5.92. The summed E-state index contributed by atoms with van der Waals surface area (Å²) in [7, 11) is 0. The Morgan fingerprint density at radius 3 is 2.29 bits per heavy atom. The summed E-state index contributed by atoms with van der Waals surface area (Å²) in [6, 6.07) is 19.7. The van der Waals surface area contributed by atoms with Crippen LogP contribution in [0.1, 0.15) is 73.3 Å². The van der Waals surface area contributed by atoms with Crippen LogP contribution < -0.4 is 10.1 Å². The molecule has 1 N–H and O–H groups in total. The van der Waals surface area contributed by atoms with E-state index in [9.17, 15) is 4.79 Å². The molecule has 160 valence electrons. The number of para-hydroxylation sites is 1. The highest BCUT2D eigenvalue weighted by atomic mass is 35.5. The number of carbonyl (C=O) groups excluding carboxylic acids is 1. The van der Waals surface area contributed by atoms with Crippen LogP contribution in [-0.4, -0.2) is 5.91 Å². The van der Waals surface area contributed by atoms with Crippen molar-refractivity contribution in [2.45, 2.75) is 52.1 Å². The van der Waals surface area contributed by atoms with Crippen LogP contribution in [0.2, 0.25) is 5.02 Å². The van der Waals surface area contributed by atoms with E-state index in [0.29, 0.717) is 29.2 Å². The normalized spacial score (nSPS) is 15.1. The minimum absolute atomic E-state index is 0.0727. The molecule has 1 amide bonds. The van der Waals surface area contributed by atoms with E-state index in [1.807, 2.05) is 36.4 Å². The Morgan fingerprint density at radius 2 is 1.61 bits per heavy atom. The first-order valence-electron chi connectivity index (χ1n) is 10.8. The van der Waals surface area contributed by atoms with Gasteiger partial charge in [-0.05, 0) is 52.3 Å². The number of nitrogens with one attached hydrogen (secondary N) is 1. The van der Waals surface area contributed by atoms with E-state index in [1.165, 1.54) is 0 Å². The molecule has 0 bridgehead atoms. The molecule has 1 aliphatic rings. The van der Waals surface area contributed by atoms with E-state index < -0.39 is 5.92 Å². The highest BCUT2D eigenvalue weighted by Crippen LogP contribution is 2.40. The Balaban J connectivity index is 1.84. The summed E-state index contributed by atoms with van der Waals surface area (Å²) in [5.41, 5.74) is 5.96. The molecule has 3 aromatic rings. The minimum Gasteiger partial charge on any atom is -0.489 e. The van der Waals surface area contributed by atoms with Crippen molar-refractivity contribution in [2.75, 3.05) is 5.32 Å². The summed E-state index contributed by atoms with van der Waals surface area (Å²) in [4.78, 5) is 13.9. The van der Waals surface area contributed by atoms with Gasteiger partial charge in [0.25, 0.3) is 0 Å². The van der Waals surface area contributed by atoms with Crippen molar-refractivity contribution >= 4 is 23.2 Å². The lowest BCUT2D eigenvalue weighted by molar-refractivity contribution is -0.116. The third-order valence-corrected chi connectivity index (χ3v) is 6.15. The van der Waals surface area contributed by atoms with Crippen molar-refractivity contribution in [3.63, 3.8) is 0 Å². The number of ether oxygens (including phenoxy) is 1. The molecule has 1 atom stereocenters. The van der Waals surface area contributed by atoms with Gasteiger partial charge in [0, 0.05) is 16.3 Å². The molecule has 0 saturated carbocycles. The van der Waals surface area contributed by atoms with Crippen molar-refractivity contribution in [3.8, 4) is 5.75 Å². The molecular formula is C27H28ClNO2. The number of hydrogen-bond acceptors (Lipinski definition) is 2. The monoisotopic (exact) mass is 433 g/mol. The highest BCUT2D eigenvalue weighted by molar-refractivity contribution is 6.30. The molecule has 0 spiro atoms. The topological polar surface area (TPSA) is 38.3 Å². The summed E-state index contributed by atoms with van der Waals surface area (Å²) in [5.74, 6) is 0.701. The molecule has 1 aliphatic heterocycles. The van der Waals surface area contributed by atoms with E-state index in [-0.39, 0.29) is 5.91 Å². The number of halogens is 1. The number of amides is 1. The number of rotatable bonds is 4. The molecular weight excluding hydrogens is 406 g/mol. The fourth-order valence-electron chi connectivity index (χ4n) is 4.32. The maximum atomic E-state index is 13.9. The van der Waals surface area contributed by atoms with Gasteiger partial charge in [0.15, 0.2) is 0 Å². The van der Waals surface area contributed by atoms with Crippen LogP contribution >= 0.6 is 11.6 Å². The van der Waals surface area contributed by atoms with Crippen LogP contribution in [0.4, 0.5) is 5.69 Å². The Hall–Kier alpha value is -2.78. The molecule has 0 radical (unpaired) electrons. The van der Waals surface area contributed by atoms with E-state index in [2.05, 4.69) is 51.2 Å². The summed E-state index contributed by atoms with van der Waals surface area (Å²) >= 11 is 6.33. The van der Waals surface area contributed by atoms with Gasteiger partial charge < -0.3 is 10.1 Å². The lowest BCUT2D eigenvalue weighted by atomic mass is 9.87. The number of fused-ring (bicyclic) bond motifs is 2. The zero-order chi connectivity index (χ0) is 22.1. The smallest absolute Gasteiger partial charge is 0.236 e. The lowest BCUT2D eigenvalue weighted by Crippen LogP contribution is -2.24. The standard InChI is InChI=1S/C27H28ClNO2/c1-16(2)20-10-7-11-21(17(3)4)26(20)29-27(30)25-22-9-6-5-8-18(22)15-31-24-13-12-19(28)14-23(24)25/h5-14,16-17,25H,15H2,1-4H3,(H,29,30). The Bertz CT molecular complexity index is 1090. The zero-order valence-corrected chi connectivity index (χ0v) is 19.2. The SMILES string of the molecule is CC(C)c1cccc(C(C)C)c1NC(=O)C1c2ccccc2COc2ccc(Cl)cc21. The van der Waals surface area contributed by atoms with Gasteiger partial charge in [0.05, 0.1) is 5.92 Å². The summed E-state index contributed by atoms with van der Waals surface area (Å²) in [5, 5.41) is 3.89. The average Bonchev–Trinajstić information content (AvgIpc) is 2.89. The summed E-state index contributed by atoms with van der Waals surface area (Å²) in [6.07, 6.45) is 0. The second-order valence-corrected chi connectivity index (χ2v) is 9.15. The van der Waals surface area contributed by atoms with Gasteiger partial charge in [0.1, 0.15) is 12.4 Å². The van der Waals surface area contributed by atoms with Crippen LogP contribution in [0.25, 0.3) is 0 Å². The van der Waals surface area contributed by atoms with Gasteiger partial charge in [-0.25, -0.2) is 0 Å². The van der Waals surface area contributed by atoms with Crippen molar-refractivity contribution < 1.29 is 9.53 Å². The molecule has 3 nitrogen and oxygen atoms in total. The van der Waals surface area contributed by atoms with E-state index in [0.717, 1.165) is 33.5 Å². The predicted octanol–water partition coefficient (Wildman–Crippen LogP) is 7.25. The first-order chi connectivity index (χ1) is 14.9. The molecule has 4 heteroatoms. The van der Waals surface area contributed by atoms with E-state index in [4.69, 9.17) is 16.3 Å². The molecule has 0 aliphatic carbocycles. The van der Waals surface area contributed by atoms with Gasteiger partial charge >= 0.3 is 0 Å². The van der Waals surface area contributed by atoms with Crippen LogP contribution in [0.15, 0.2) is 60.7 Å². The van der Waals surface area contributed by atoms with Crippen LogP contribution in [-0.2, 0) is 11.4 Å². The predicted molar refractivity (Wildman–Crippen MR) is 127 cm³/mol. The van der Waals surface area contributed by atoms with Gasteiger partial charge in [0.2, 0.25) is 5.91 Å². The molecule has 1 heterocycles. The van der Waals surface area contributed by atoms with E-state index in [1.54, 1.807) is 6.07 Å². The quantitative estimate of drug-likeness (QED) is 0.470. The zero-order valence-electron chi connectivity index (χ0n) is 18.4. The second-order valence-electron chi connectivity index (χ2n) is 8.71. The fourth-order valence-corrected chi connectivity index (χ4v) is 4.50. The minimum atomic E-state index is -0.507. The number of hydrogen-bond donors (Lipinski definition) is 1. The van der Waals surface area contributed by atoms with Crippen molar-refractivity contribution in [1.82, 2.24) is 0 Å². The molecule has 31 heavy (non-hydrogen) atoms. The van der Waals surface area contributed by atoms with Gasteiger partial charge in [-0.3, -0.25) is 4.79 Å². The van der Waals surface area contributed by atoms with Crippen molar-refractivity contribution in [1.29, 1.82) is 0 Å². The molecule has 3 aromatic carbocycles. The summed E-state index contributed by atoms with van der Waals surface area (Å²) < 4.78 is 6.05. The molecule has 4 rings (SSSR count). The Morgan fingerprint density at radius 1 is 0.935 bits per heavy atom. The van der Waals surface area contributed by atoms with E-state index >= 15 is 0 Å². The average molecular weight is 434 g/mol. The fraction of sp³-hybridized carbons (Fsp3) is 0.296. The van der Waals surface area contributed by atoms with Crippen LogP contribution in [0.5, 0.6) is 5.75 Å². The number of carbonyl (C=O) groups is 1. The maximum absolute atomic E-state index is 13.9. The first-order valence-corrected chi connectivity index (χ1v) is 11.2. The number of anilines is 1. The lowest BCUT2D eigenvalue weighted by Gasteiger charge is -2.24. The molecule has 0 fully saturated rings. The molecule has 0 saturated heterocycles. The maximum Gasteiger partial charge on any atom is 0.236 e. The van der Waals surface area contributed by atoms with Gasteiger partial charge in [-0.2, -0.15) is 0 Å². The Kier molecular flexibility index (Phi) is 6.06. The largest absolute Gasteiger partial charge is 0.489 e. The summed E-state index contributed by atoms with van der Waals surface area (Å²) in [6.45, 7) is 9.03. The van der Waals surface area contributed by atoms with Crippen LogP contribution in [0.3, 0.4) is 0 Å². The van der Waals surface area contributed by atoms with Crippen LogP contribution in [0, 0.1) is 0 Å². The second kappa shape index (κ2) is 8.76. The third kappa shape index (κ3) is 4.20. The van der Waals surface area contributed by atoms with Crippen molar-refractivity contribution in [3.05, 3.63) is 93.5 Å². The van der Waals surface area contributed by atoms with Gasteiger partial charge in [-0.15, -0.1) is 0 Å². The highest BCUT2D eigenvalue weighted by Gasteiger charge is 2.31. The van der Waals surface area contributed by atoms with Crippen molar-refractivity contribution in [2.24, 2.45) is 0 Å². The molecule has 0 aromatic heterocycles. The number of benzene rings is 3.